The first-order valence-corrected chi connectivity index (χ1v) is 9.03. The van der Waals surface area contributed by atoms with E-state index in [1.165, 1.54) is 12.8 Å². The topological polar surface area (TPSA) is 66.3 Å². The Morgan fingerprint density at radius 1 is 1.44 bits per heavy atom. The van der Waals surface area contributed by atoms with Crippen molar-refractivity contribution in [3.8, 4) is 5.75 Å². The second-order valence-corrected chi connectivity index (χ2v) is 6.43. The standard InChI is InChI=1S/C19H31N3O3/c1-4-20-19(22(2)10-11-25-14-15-8-9-15)21-13-18(23)16-6-5-7-17(12-16)24-3/h5-7,12,15,18,23H,4,8-11,13-14H2,1-3H3,(H,20,21). The lowest BCUT2D eigenvalue weighted by Gasteiger charge is -2.22. The summed E-state index contributed by atoms with van der Waals surface area (Å²) in [6.45, 7) is 5.44. The van der Waals surface area contributed by atoms with Crippen molar-refractivity contribution in [3.63, 3.8) is 0 Å². The molecule has 2 N–H and O–H groups in total. The summed E-state index contributed by atoms with van der Waals surface area (Å²) in [5.74, 6) is 2.29. The normalized spacial score (nSPS) is 15.8. The van der Waals surface area contributed by atoms with Crippen molar-refractivity contribution in [3.05, 3.63) is 29.8 Å². The van der Waals surface area contributed by atoms with Gasteiger partial charge in [0.2, 0.25) is 0 Å². The van der Waals surface area contributed by atoms with Crippen LogP contribution in [0.5, 0.6) is 5.75 Å². The fourth-order valence-corrected chi connectivity index (χ4v) is 2.44. The van der Waals surface area contributed by atoms with Crippen molar-refractivity contribution in [2.75, 3.05) is 47.0 Å². The van der Waals surface area contributed by atoms with E-state index in [0.717, 1.165) is 42.9 Å². The number of ether oxygens (including phenoxy) is 2. The summed E-state index contributed by atoms with van der Waals surface area (Å²) in [7, 11) is 3.60. The van der Waals surface area contributed by atoms with E-state index in [2.05, 4.69) is 10.3 Å². The number of benzene rings is 1. The van der Waals surface area contributed by atoms with E-state index in [-0.39, 0.29) is 0 Å². The highest BCUT2D eigenvalue weighted by Gasteiger charge is 2.21. The third-order valence-corrected chi connectivity index (χ3v) is 4.21. The Morgan fingerprint density at radius 3 is 2.92 bits per heavy atom. The van der Waals surface area contributed by atoms with Gasteiger partial charge in [0.1, 0.15) is 5.75 Å². The van der Waals surface area contributed by atoms with Crippen LogP contribution in [-0.2, 0) is 4.74 Å². The first kappa shape index (κ1) is 19.5. The van der Waals surface area contributed by atoms with E-state index in [9.17, 15) is 5.11 Å². The Kier molecular flexibility index (Phi) is 8.01. The number of guanidine groups is 1. The van der Waals surface area contributed by atoms with E-state index in [4.69, 9.17) is 9.47 Å². The zero-order valence-electron chi connectivity index (χ0n) is 15.6. The quantitative estimate of drug-likeness (QED) is 0.384. The van der Waals surface area contributed by atoms with Crippen LogP contribution in [0.4, 0.5) is 0 Å². The van der Waals surface area contributed by atoms with Crippen molar-refractivity contribution in [1.29, 1.82) is 0 Å². The Hall–Kier alpha value is -1.79. The van der Waals surface area contributed by atoms with E-state index >= 15 is 0 Å². The molecule has 140 valence electrons. The van der Waals surface area contributed by atoms with Gasteiger partial charge in [-0.25, -0.2) is 0 Å². The molecule has 0 radical (unpaired) electrons. The SMILES string of the molecule is CCNC(=NCC(O)c1cccc(OC)c1)N(C)CCOCC1CC1. The number of aliphatic imine (C=N–C) groups is 1. The summed E-state index contributed by atoms with van der Waals surface area (Å²) in [4.78, 5) is 6.59. The molecule has 1 aromatic rings. The van der Waals surface area contributed by atoms with Gasteiger partial charge in [-0.15, -0.1) is 0 Å². The lowest BCUT2D eigenvalue weighted by atomic mass is 10.1. The summed E-state index contributed by atoms with van der Waals surface area (Å²) >= 11 is 0. The average molecular weight is 349 g/mol. The number of likely N-dealkylation sites (N-methyl/N-ethyl adjacent to an activating group) is 1. The highest BCUT2D eigenvalue weighted by Crippen LogP contribution is 2.28. The third kappa shape index (κ3) is 6.92. The van der Waals surface area contributed by atoms with Gasteiger partial charge in [-0.3, -0.25) is 4.99 Å². The fourth-order valence-electron chi connectivity index (χ4n) is 2.44. The minimum absolute atomic E-state index is 0.294. The molecule has 6 nitrogen and oxygen atoms in total. The van der Waals surface area contributed by atoms with Crippen molar-refractivity contribution in [2.24, 2.45) is 10.9 Å². The molecule has 1 fully saturated rings. The van der Waals surface area contributed by atoms with Crippen LogP contribution in [0.1, 0.15) is 31.4 Å². The summed E-state index contributed by atoms with van der Waals surface area (Å²) in [5.41, 5.74) is 0.800. The molecule has 0 bridgehead atoms. The highest BCUT2D eigenvalue weighted by molar-refractivity contribution is 5.79. The average Bonchev–Trinajstić information content (AvgIpc) is 3.46. The first-order chi connectivity index (χ1) is 12.1. The third-order valence-electron chi connectivity index (χ3n) is 4.21. The summed E-state index contributed by atoms with van der Waals surface area (Å²) < 4.78 is 10.9. The molecule has 6 heteroatoms. The molecule has 2 rings (SSSR count). The summed E-state index contributed by atoms with van der Waals surface area (Å²) in [6.07, 6.45) is 1.95. The Bertz CT molecular complexity index is 546. The second kappa shape index (κ2) is 10.3. The van der Waals surface area contributed by atoms with E-state index < -0.39 is 6.10 Å². The monoisotopic (exact) mass is 349 g/mol. The van der Waals surface area contributed by atoms with Crippen molar-refractivity contribution in [2.45, 2.75) is 25.9 Å². The predicted molar refractivity (Wildman–Crippen MR) is 100 cm³/mol. The minimum Gasteiger partial charge on any atom is -0.497 e. The molecule has 0 amide bonds. The van der Waals surface area contributed by atoms with Gasteiger partial charge in [-0.05, 0) is 43.4 Å². The molecule has 1 atom stereocenters. The second-order valence-electron chi connectivity index (χ2n) is 6.43. The molecule has 1 aliphatic carbocycles. The molecule has 0 saturated heterocycles. The molecular weight excluding hydrogens is 318 g/mol. The van der Waals surface area contributed by atoms with Crippen molar-refractivity contribution >= 4 is 5.96 Å². The van der Waals surface area contributed by atoms with Crippen LogP contribution in [0.2, 0.25) is 0 Å². The first-order valence-electron chi connectivity index (χ1n) is 9.03. The lowest BCUT2D eigenvalue weighted by Crippen LogP contribution is -2.40. The van der Waals surface area contributed by atoms with Gasteiger partial charge in [0.05, 0.1) is 26.4 Å². The van der Waals surface area contributed by atoms with Crippen LogP contribution in [-0.4, -0.2) is 63.0 Å². The molecular formula is C19H31N3O3. The van der Waals surface area contributed by atoms with Gasteiger partial charge < -0.3 is 24.8 Å². The van der Waals surface area contributed by atoms with Crippen LogP contribution in [0.25, 0.3) is 0 Å². The van der Waals surface area contributed by atoms with Gasteiger partial charge in [0.15, 0.2) is 5.96 Å². The molecule has 1 aliphatic rings. The number of nitrogens with one attached hydrogen (secondary N) is 1. The highest BCUT2D eigenvalue weighted by atomic mass is 16.5. The van der Waals surface area contributed by atoms with Crippen LogP contribution >= 0.6 is 0 Å². The van der Waals surface area contributed by atoms with Crippen LogP contribution in [0, 0.1) is 5.92 Å². The Morgan fingerprint density at radius 2 is 2.24 bits per heavy atom. The largest absolute Gasteiger partial charge is 0.497 e. The van der Waals surface area contributed by atoms with Crippen molar-refractivity contribution < 1.29 is 14.6 Å². The Labute approximate surface area is 150 Å². The number of aliphatic hydroxyl groups excluding tert-OH is 1. The van der Waals surface area contributed by atoms with Crippen LogP contribution in [0.15, 0.2) is 29.3 Å². The maximum absolute atomic E-state index is 10.4. The van der Waals surface area contributed by atoms with Gasteiger partial charge >= 0.3 is 0 Å². The zero-order valence-corrected chi connectivity index (χ0v) is 15.6. The fraction of sp³-hybridized carbons (Fsp3) is 0.632. The minimum atomic E-state index is -0.664. The molecule has 0 heterocycles. The van der Waals surface area contributed by atoms with Crippen LogP contribution in [0.3, 0.4) is 0 Å². The number of hydrogen-bond acceptors (Lipinski definition) is 4. The van der Waals surface area contributed by atoms with E-state index in [1.54, 1.807) is 7.11 Å². The maximum Gasteiger partial charge on any atom is 0.193 e. The maximum atomic E-state index is 10.4. The van der Waals surface area contributed by atoms with Crippen LogP contribution < -0.4 is 10.1 Å². The van der Waals surface area contributed by atoms with E-state index in [1.807, 2.05) is 43.1 Å². The molecule has 25 heavy (non-hydrogen) atoms. The number of aliphatic hydroxyl groups is 1. The summed E-state index contributed by atoms with van der Waals surface area (Å²) in [6, 6.07) is 7.45. The molecule has 0 aliphatic heterocycles. The smallest absolute Gasteiger partial charge is 0.193 e. The molecule has 0 spiro atoms. The number of nitrogens with zero attached hydrogens (tertiary/aromatic N) is 2. The number of rotatable bonds is 10. The van der Waals surface area contributed by atoms with Gasteiger partial charge in [0, 0.05) is 26.7 Å². The summed E-state index contributed by atoms with van der Waals surface area (Å²) in [5, 5.41) is 13.6. The Balaban J connectivity index is 1.85. The van der Waals surface area contributed by atoms with Gasteiger partial charge in [-0.1, -0.05) is 12.1 Å². The molecule has 1 unspecified atom stereocenters. The van der Waals surface area contributed by atoms with E-state index in [0.29, 0.717) is 13.2 Å². The molecule has 1 saturated carbocycles. The van der Waals surface area contributed by atoms with Gasteiger partial charge in [0.25, 0.3) is 0 Å². The predicted octanol–water partition coefficient (Wildman–Crippen LogP) is 2.05. The van der Waals surface area contributed by atoms with Crippen molar-refractivity contribution in [1.82, 2.24) is 10.2 Å². The van der Waals surface area contributed by atoms with Gasteiger partial charge in [-0.2, -0.15) is 0 Å². The lowest BCUT2D eigenvalue weighted by molar-refractivity contribution is 0.115. The molecule has 1 aromatic carbocycles. The number of methoxy groups -OCH3 is 1. The molecule has 0 aromatic heterocycles. The number of hydrogen-bond donors (Lipinski definition) is 2. The zero-order chi connectivity index (χ0) is 18.1.